The Morgan fingerprint density at radius 2 is 1.17 bits per heavy atom. The first kappa shape index (κ1) is 11.8. The number of carbonyl (C=O) groups excluding carboxylic acids is 1. The summed E-state index contributed by atoms with van der Waals surface area (Å²) in [5, 5.41) is 18.8. The van der Waals surface area contributed by atoms with E-state index in [1.165, 1.54) is 36.4 Å². The first-order valence-electron chi connectivity index (χ1n) is 5.19. The van der Waals surface area contributed by atoms with Crippen molar-refractivity contribution in [1.29, 1.82) is 0 Å². The van der Waals surface area contributed by atoms with E-state index < -0.39 is 0 Å². The molecule has 0 heterocycles. The molecule has 18 heavy (non-hydrogen) atoms. The lowest BCUT2D eigenvalue weighted by Crippen LogP contribution is -2.03. The number of nitrogens with two attached hydrogens (primary N) is 2. The maximum absolute atomic E-state index is 12.1. The zero-order chi connectivity index (χ0) is 13.3. The number of rotatable bonds is 2. The average molecular weight is 244 g/mol. The van der Waals surface area contributed by atoms with Crippen molar-refractivity contribution in [2.75, 3.05) is 11.5 Å². The van der Waals surface area contributed by atoms with Crippen LogP contribution in [-0.4, -0.2) is 16.0 Å². The molecule has 0 amide bonds. The van der Waals surface area contributed by atoms with E-state index in [2.05, 4.69) is 0 Å². The molecule has 0 aliphatic rings. The highest BCUT2D eigenvalue weighted by Crippen LogP contribution is 2.23. The lowest BCUT2D eigenvalue weighted by atomic mass is 10.0. The van der Waals surface area contributed by atoms with E-state index in [-0.39, 0.29) is 39.8 Å². The van der Waals surface area contributed by atoms with Gasteiger partial charge >= 0.3 is 0 Å². The molecule has 0 unspecified atom stereocenters. The van der Waals surface area contributed by atoms with Crippen LogP contribution in [0.2, 0.25) is 0 Å². The third-order valence-corrected chi connectivity index (χ3v) is 2.40. The Kier molecular flexibility index (Phi) is 2.81. The molecule has 92 valence electrons. The molecule has 5 nitrogen and oxygen atoms in total. The van der Waals surface area contributed by atoms with Crippen LogP contribution in [0, 0.1) is 0 Å². The van der Waals surface area contributed by atoms with E-state index >= 15 is 0 Å². The van der Waals surface area contributed by atoms with Crippen molar-refractivity contribution in [1.82, 2.24) is 0 Å². The number of phenols is 2. The maximum atomic E-state index is 12.1. The highest BCUT2D eigenvalue weighted by molar-refractivity contribution is 6.10. The fraction of sp³-hybridized carbons (Fsp3) is 0. The first-order chi connectivity index (χ1) is 8.45. The Balaban J connectivity index is 2.47. The fourth-order valence-corrected chi connectivity index (χ4v) is 1.70. The second-order valence-electron chi connectivity index (χ2n) is 3.96. The van der Waals surface area contributed by atoms with Gasteiger partial charge in [-0.25, -0.2) is 0 Å². The molecule has 0 radical (unpaired) electrons. The van der Waals surface area contributed by atoms with Crippen LogP contribution in [0.25, 0.3) is 0 Å². The number of hydrogen-bond acceptors (Lipinski definition) is 5. The minimum absolute atomic E-state index is 0.0912. The number of phenolic OH excluding ortho intramolecular Hbond substituents is 2. The Labute approximate surface area is 103 Å². The van der Waals surface area contributed by atoms with Gasteiger partial charge in [0.1, 0.15) is 11.5 Å². The normalized spacial score (nSPS) is 10.2. The molecule has 0 bridgehead atoms. The van der Waals surface area contributed by atoms with Gasteiger partial charge in [-0.3, -0.25) is 4.79 Å². The second kappa shape index (κ2) is 4.29. The van der Waals surface area contributed by atoms with Gasteiger partial charge in [0, 0.05) is 34.6 Å². The van der Waals surface area contributed by atoms with E-state index in [9.17, 15) is 15.0 Å². The molecule has 0 saturated carbocycles. The lowest BCUT2D eigenvalue weighted by Gasteiger charge is -2.05. The summed E-state index contributed by atoms with van der Waals surface area (Å²) < 4.78 is 0. The molecule has 6 N–H and O–H groups in total. The number of nitrogen functional groups attached to an aromatic ring is 2. The molecule has 2 aromatic rings. The average Bonchev–Trinajstić information content (AvgIpc) is 2.25. The Morgan fingerprint density at radius 3 is 1.50 bits per heavy atom. The van der Waals surface area contributed by atoms with Crippen LogP contribution in [0.3, 0.4) is 0 Å². The van der Waals surface area contributed by atoms with Gasteiger partial charge in [-0.05, 0) is 24.3 Å². The number of benzene rings is 2. The molecule has 0 fully saturated rings. The van der Waals surface area contributed by atoms with E-state index in [1.807, 2.05) is 0 Å². The number of anilines is 2. The summed E-state index contributed by atoms with van der Waals surface area (Å²) in [5.41, 5.74) is 12.1. The number of ketones is 1. The van der Waals surface area contributed by atoms with Gasteiger partial charge in [0.05, 0.1) is 0 Å². The largest absolute Gasteiger partial charge is 0.508 e. The molecule has 0 spiro atoms. The fourth-order valence-electron chi connectivity index (χ4n) is 1.70. The van der Waals surface area contributed by atoms with E-state index in [0.29, 0.717) is 0 Å². The van der Waals surface area contributed by atoms with Crippen LogP contribution >= 0.6 is 0 Å². The number of carbonyl (C=O) groups is 1. The molecule has 2 aromatic carbocycles. The van der Waals surface area contributed by atoms with Crippen molar-refractivity contribution < 1.29 is 15.0 Å². The molecule has 0 aliphatic carbocycles. The van der Waals surface area contributed by atoms with Gasteiger partial charge < -0.3 is 21.7 Å². The molecular weight excluding hydrogens is 232 g/mol. The molecule has 0 aromatic heterocycles. The van der Waals surface area contributed by atoms with Crippen LogP contribution in [0.15, 0.2) is 36.4 Å². The first-order valence-corrected chi connectivity index (χ1v) is 5.19. The minimum atomic E-state index is -0.375. The van der Waals surface area contributed by atoms with Crippen LogP contribution in [0.1, 0.15) is 15.9 Å². The summed E-state index contributed by atoms with van der Waals surface area (Å²) in [6, 6.07) is 8.18. The number of aromatic hydroxyl groups is 2. The third-order valence-electron chi connectivity index (χ3n) is 2.40. The third kappa shape index (κ3) is 2.35. The van der Waals surface area contributed by atoms with Crippen molar-refractivity contribution in [2.45, 2.75) is 0 Å². The molecule has 2 rings (SSSR count). The van der Waals surface area contributed by atoms with E-state index in [4.69, 9.17) is 11.5 Å². The van der Waals surface area contributed by atoms with Gasteiger partial charge in [0.2, 0.25) is 0 Å². The van der Waals surface area contributed by atoms with Crippen molar-refractivity contribution in [3.05, 3.63) is 47.5 Å². The molecule has 0 aliphatic heterocycles. The van der Waals surface area contributed by atoms with Crippen LogP contribution in [0.5, 0.6) is 11.5 Å². The molecular formula is C13H12N2O3. The van der Waals surface area contributed by atoms with Crippen LogP contribution in [-0.2, 0) is 0 Å². The maximum Gasteiger partial charge on any atom is 0.193 e. The number of hydrogen-bond donors (Lipinski definition) is 4. The summed E-state index contributed by atoms with van der Waals surface area (Å²) >= 11 is 0. The Hall–Kier alpha value is -2.69. The Morgan fingerprint density at radius 1 is 0.778 bits per heavy atom. The van der Waals surface area contributed by atoms with Gasteiger partial charge in [-0.1, -0.05) is 0 Å². The zero-order valence-electron chi connectivity index (χ0n) is 9.42. The quantitative estimate of drug-likeness (QED) is 0.472. The summed E-state index contributed by atoms with van der Waals surface area (Å²) in [4.78, 5) is 12.1. The van der Waals surface area contributed by atoms with Crippen molar-refractivity contribution in [3.8, 4) is 11.5 Å². The van der Waals surface area contributed by atoms with Gasteiger partial charge in [-0.15, -0.1) is 0 Å². The predicted octanol–water partition coefficient (Wildman–Crippen LogP) is 1.49. The van der Waals surface area contributed by atoms with Crippen molar-refractivity contribution in [3.63, 3.8) is 0 Å². The summed E-state index contributed by atoms with van der Waals surface area (Å²) in [7, 11) is 0. The standard InChI is InChI=1S/C13H12N2O3/c14-9-1-7(3-11(16)5-9)13(18)8-2-10(15)6-12(17)4-8/h1-6,16-17H,14-15H2. The molecule has 5 heteroatoms. The van der Waals surface area contributed by atoms with Crippen LogP contribution in [0.4, 0.5) is 11.4 Å². The molecule has 0 atom stereocenters. The van der Waals surface area contributed by atoms with Gasteiger partial charge in [0.25, 0.3) is 0 Å². The van der Waals surface area contributed by atoms with Crippen LogP contribution < -0.4 is 11.5 Å². The smallest absolute Gasteiger partial charge is 0.193 e. The van der Waals surface area contributed by atoms with Gasteiger partial charge in [0.15, 0.2) is 5.78 Å². The summed E-state index contributed by atoms with van der Waals surface area (Å²) in [5.74, 6) is -0.557. The summed E-state index contributed by atoms with van der Waals surface area (Å²) in [6.45, 7) is 0. The van der Waals surface area contributed by atoms with Crippen molar-refractivity contribution in [2.24, 2.45) is 0 Å². The SMILES string of the molecule is Nc1cc(O)cc(C(=O)c2cc(N)cc(O)c2)c1. The highest BCUT2D eigenvalue weighted by atomic mass is 16.3. The minimum Gasteiger partial charge on any atom is -0.508 e. The lowest BCUT2D eigenvalue weighted by molar-refractivity contribution is 0.103. The zero-order valence-corrected chi connectivity index (χ0v) is 9.42. The van der Waals surface area contributed by atoms with Crippen molar-refractivity contribution >= 4 is 17.2 Å². The van der Waals surface area contributed by atoms with Gasteiger partial charge in [-0.2, -0.15) is 0 Å². The predicted molar refractivity (Wildman–Crippen MR) is 68.5 cm³/mol. The Bertz CT molecular complexity index is 530. The monoisotopic (exact) mass is 244 g/mol. The highest BCUT2D eigenvalue weighted by Gasteiger charge is 2.12. The van der Waals surface area contributed by atoms with E-state index in [1.54, 1.807) is 0 Å². The topological polar surface area (TPSA) is 110 Å². The second-order valence-corrected chi connectivity index (χ2v) is 3.96. The summed E-state index contributed by atoms with van der Waals surface area (Å²) in [6.07, 6.45) is 0. The molecule has 0 saturated heterocycles. The van der Waals surface area contributed by atoms with E-state index in [0.717, 1.165) is 0 Å².